The predicted octanol–water partition coefficient (Wildman–Crippen LogP) is 4.73. The number of hydrogen-bond acceptors (Lipinski definition) is 7. The highest BCUT2D eigenvalue weighted by Gasteiger charge is 2.39. The molecule has 1 aliphatic carbocycles. The smallest absolute Gasteiger partial charge is 0.243 e. The number of anilines is 1. The highest BCUT2D eigenvalue weighted by molar-refractivity contribution is 9.10. The van der Waals surface area contributed by atoms with Crippen molar-refractivity contribution in [1.82, 2.24) is 19.6 Å². The lowest BCUT2D eigenvalue weighted by molar-refractivity contribution is -0.124. The SMILES string of the molecule is O=C(NCc1cc(-c2ccc(Br)cc2)nc(NC(C=C2C=CC=CC2)CO)n1)C1CCCN1S(=O)(=O)c1ccc(F)cc1. The highest BCUT2D eigenvalue weighted by Crippen LogP contribution is 2.27. The van der Waals surface area contributed by atoms with Crippen LogP contribution in [0.1, 0.15) is 25.0 Å². The Kier molecular flexibility index (Phi) is 9.81. The number of hydrogen-bond donors (Lipinski definition) is 3. The number of amides is 1. The van der Waals surface area contributed by atoms with Crippen LogP contribution in [0.3, 0.4) is 0 Å². The van der Waals surface area contributed by atoms with Gasteiger partial charge in [-0.05, 0) is 67.3 Å². The van der Waals surface area contributed by atoms with Crippen LogP contribution in [0.4, 0.5) is 10.3 Å². The summed E-state index contributed by atoms with van der Waals surface area (Å²) in [4.78, 5) is 22.5. The molecule has 0 radical (unpaired) electrons. The molecule has 0 bridgehead atoms. The van der Waals surface area contributed by atoms with Gasteiger partial charge >= 0.3 is 0 Å². The molecule has 5 rings (SSSR count). The monoisotopic (exact) mass is 667 g/mol. The molecule has 0 saturated carbocycles. The molecule has 2 atom stereocenters. The Bertz CT molecular complexity index is 1660. The van der Waals surface area contributed by atoms with Crippen LogP contribution >= 0.6 is 15.9 Å². The molecular weight excluding hydrogens is 637 g/mol. The van der Waals surface area contributed by atoms with Crippen molar-refractivity contribution in [2.45, 2.75) is 42.8 Å². The van der Waals surface area contributed by atoms with E-state index >= 15 is 0 Å². The van der Waals surface area contributed by atoms with Crippen LogP contribution in [0.2, 0.25) is 0 Å². The minimum Gasteiger partial charge on any atom is -0.394 e. The van der Waals surface area contributed by atoms with Gasteiger partial charge in [-0.2, -0.15) is 4.31 Å². The highest BCUT2D eigenvalue weighted by atomic mass is 79.9. The first-order chi connectivity index (χ1) is 20.7. The summed E-state index contributed by atoms with van der Waals surface area (Å²) >= 11 is 3.45. The lowest BCUT2D eigenvalue weighted by atomic mass is 10.1. The van der Waals surface area contributed by atoms with Gasteiger partial charge in [0.25, 0.3) is 0 Å². The number of allylic oxidation sites excluding steroid dienone is 5. The number of carbonyl (C=O) groups excluding carboxylic acids is 1. The van der Waals surface area contributed by atoms with Crippen LogP contribution in [0.25, 0.3) is 11.3 Å². The fraction of sp³-hybridized carbons (Fsp3) is 0.258. The van der Waals surface area contributed by atoms with Gasteiger partial charge in [0.05, 0.1) is 35.5 Å². The van der Waals surface area contributed by atoms with Crippen LogP contribution in [0, 0.1) is 5.82 Å². The minimum absolute atomic E-state index is 0.0267. The number of aliphatic hydroxyl groups excluding tert-OH is 1. The van der Waals surface area contributed by atoms with Gasteiger partial charge in [-0.3, -0.25) is 4.79 Å². The third kappa shape index (κ3) is 7.63. The zero-order valence-corrected chi connectivity index (χ0v) is 25.6. The Morgan fingerprint density at radius 3 is 2.60 bits per heavy atom. The fourth-order valence-electron chi connectivity index (χ4n) is 4.97. The van der Waals surface area contributed by atoms with Crippen LogP contribution in [-0.2, 0) is 21.4 Å². The quantitative estimate of drug-likeness (QED) is 0.286. The topological polar surface area (TPSA) is 125 Å². The van der Waals surface area contributed by atoms with Gasteiger partial charge in [-0.1, -0.05) is 58.4 Å². The fourth-order valence-corrected chi connectivity index (χ4v) is 6.89. The first-order valence-electron chi connectivity index (χ1n) is 13.8. The number of sulfonamides is 1. The Morgan fingerprint density at radius 2 is 1.91 bits per heavy atom. The number of nitrogens with one attached hydrogen (secondary N) is 2. The third-order valence-electron chi connectivity index (χ3n) is 7.13. The molecule has 224 valence electrons. The van der Waals surface area contributed by atoms with Gasteiger partial charge in [0.2, 0.25) is 21.9 Å². The first-order valence-corrected chi connectivity index (χ1v) is 16.1. The summed E-state index contributed by atoms with van der Waals surface area (Å²) in [6, 6.07) is 12.6. The van der Waals surface area contributed by atoms with Crippen molar-refractivity contribution in [2.75, 3.05) is 18.5 Å². The van der Waals surface area contributed by atoms with Crippen LogP contribution in [0.5, 0.6) is 0 Å². The molecule has 2 heterocycles. The molecule has 43 heavy (non-hydrogen) atoms. The van der Waals surface area contributed by atoms with Gasteiger partial charge in [-0.25, -0.2) is 22.8 Å². The molecule has 1 fully saturated rings. The van der Waals surface area contributed by atoms with E-state index in [2.05, 4.69) is 36.5 Å². The Morgan fingerprint density at radius 1 is 1.14 bits per heavy atom. The zero-order valence-electron chi connectivity index (χ0n) is 23.2. The molecule has 2 aliphatic rings. The van der Waals surface area contributed by atoms with Crippen LogP contribution < -0.4 is 10.6 Å². The molecule has 1 amide bonds. The number of carbonyl (C=O) groups is 1. The summed E-state index contributed by atoms with van der Waals surface area (Å²) in [7, 11) is -3.99. The molecule has 9 nitrogen and oxygen atoms in total. The van der Waals surface area contributed by atoms with Crippen molar-refractivity contribution >= 4 is 37.8 Å². The van der Waals surface area contributed by atoms with Gasteiger partial charge in [0, 0.05) is 16.6 Å². The van der Waals surface area contributed by atoms with Crippen LogP contribution in [-0.4, -0.2) is 58.9 Å². The molecule has 12 heteroatoms. The second-order valence-corrected chi connectivity index (χ2v) is 13.0. The molecule has 0 spiro atoms. The number of halogens is 2. The van der Waals surface area contributed by atoms with Gasteiger partial charge in [-0.15, -0.1) is 0 Å². The van der Waals surface area contributed by atoms with E-state index in [0.717, 1.165) is 34.2 Å². The molecule has 2 aromatic carbocycles. The van der Waals surface area contributed by atoms with Crippen LogP contribution in [0.15, 0.2) is 99.9 Å². The molecule has 3 N–H and O–H groups in total. The van der Waals surface area contributed by atoms with Gasteiger partial charge < -0.3 is 15.7 Å². The third-order valence-corrected chi connectivity index (χ3v) is 9.58. The van der Waals surface area contributed by atoms with E-state index in [-0.39, 0.29) is 30.5 Å². The normalized spacial score (nSPS) is 18.6. The summed E-state index contributed by atoms with van der Waals surface area (Å²) in [5.74, 6) is -0.713. The minimum atomic E-state index is -3.99. The van der Waals surface area contributed by atoms with Gasteiger partial charge in [0.1, 0.15) is 11.9 Å². The van der Waals surface area contributed by atoms with Crippen molar-refractivity contribution in [3.05, 3.63) is 107 Å². The molecule has 1 aromatic heterocycles. The van der Waals surface area contributed by atoms with Crippen molar-refractivity contribution in [3.8, 4) is 11.3 Å². The summed E-state index contributed by atoms with van der Waals surface area (Å²) in [5, 5.41) is 16.1. The van der Waals surface area contributed by atoms with Crippen molar-refractivity contribution in [1.29, 1.82) is 0 Å². The second-order valence-electron chi connectivity index (χ2n) is 10.2. The standard InChI is InChI=1S/C31H31BrFN5O4S/c32-23-10-8-22(9-11-23)28-18-25(35-31(37-28)36-26(20-39)17-21-5-2-1-3-6-21)19-34-30(40)29-7-4-16-38(29)43(41,42)27-14-12-24(33)13-15-27/h1-3,5,8-15,17-18,26,29,39H,4,6-7,16,19-20H2,(H,34,40)(H,35,36,37). The lowest BCUT2D eigenvalue weighted by Gasteiger charge is -2.23. The Balaban J connectivity index is 1.36. The summed E-state index contributed by atoms with van der Waals surface area (Å²) < 4.78 is 41.9. The maximum Gasteiger partial charge on any atom is 0.243 e. The zero-order chi connectivity index (χ0) is 30.4. The number of benzene rings is 2. The Hall–Kier alpha value is -3.71. The second kappa shape index (κ2) is 13.7. The largest absolute Gasteiger partial charge is 0.394 e. The average Bonchev–Trinajstić information content (AvgIpc) is 3.52. The maximum absolute atomic E-state index is 13.4. The molecule has 1 saturated heterocycles. The summed E-state index contributed by atoms with van der Waals surface area (Å²) in [5.41, 5.74) is 2.98. The maximum atomic E-state index is 13.4. The molecule has 2 unspecified atom stereocenters. The number of rotatable bonds is 10. The summed E-state index contributed by atoms with van der Waals surface area (Å²) in [6.45, 7) is 0.0358. The van der Waals surface area contributed by atoms with Crippen molar-refractivity contribution in [2.24, 2.45) is 0 Å². The van der Waals surface area contributed by atoms with Crippen molar-refractivity contribution < 1.29 is 22.7 Å². The number of nitrogens with zero attached hydrogens (tertiary/aromatic N) is 3. The molecule has 1 aliphatic heterocycles. The van der Waals surface area contributed by atoms with E-state index < -0.39 is 33.8 Å². The molecule has 3 aromatic rings. The van der Waals surface area contributed by atoms with E-state index in [1.807, 2.05) is 54.6 Å². The summed E-state index contributed by atoms with van der Waals surface area (Å²) in [6.07, 6.45) is 11.5. The van der Waals surface area contributed by atoms with E-state index in [1.54, 1.807) is 6.07 Å². The van der Waals surface area contributed by atoms with Gasteiger partial charge in [0.15, 0.2) is 0 Å². The van der Waals surface area contributed by atoms with E-state index in [9.17, 15) is 22.7 Å². The number of aromatic nitrogens is 2. The van der Waals surface area contributed by atoms with E-state index in [0.29, 0.717) is 24.2 Å². The number of aliphatic hydroxyl groups is 1. The molecular formula is C31H31BrFN5O4S. The first kappa shape index (κ1) is 30.7. The lowest BCUT2D eigenvalue weighted by Crippen LogP contribution is -2.45. The van der Waals surface area contributed by atoms with Crippen molar-refractivity contribution in [3.63, 3.8) is 0 Å². The predicted molar refractivity (Wildman–Crippen MR) is 166 cm³/mol. The average molecular weight is 669 g/mol. The van der Waals surface area contributed by atoms with E-state index in [1.165, 1.54) is 16.4 Å². The van der Waals surface area contributed by atoms with E-state index in [4.69, 9.17) is 0 Å². The Labute approximate surface area is 258 Å².